The van der Waals surface area contributed by atoms with Crippen molar-refractivity contribution in [3.05, 3.63) is 0 Å². The molecule has 4 nitrogen and oxygen atoms in total. The highest BCUT2D eigenvalue weighted by Gasteiger charge is 2.42. The Kier molecular flexibility index (Phi) is 4.35. The molecule has 4 heteroatoms. The Morgan fingerprint density at radius 3 is 2.71 bits per heavy atom. The van der Waals surface area contributed by atoms with Gasteiger partial charge in [0.15, 0.2) is 0 Å². The van der Waals surface area contributed by atoms with Crippen molar-refractivity contribution in [1.29, 1.82) is 0 Å². The van der Waals surface area contributed by atoms with Crippen LogP contribution in [0.5, 0.6) is 0 Å². The molecule has 0 unspecified atom stereocenters. The van der Waals surface area contributed by atoms with Crippen LogP contribution in [0.15, 0.2) is 0 Å². The molecule has 1 aliphatic rings. The number of rotatable bonds is 7. The smallest absolute Gasteiger partial charge is 0.222 e. The summed E-state index contributed by atoms with van der Waals surface area (Å²) in [5, 5.41) is 2.95. The van der Waals surface area contributed by atoms with Crippen LogP contribution in [0.4, 0.5) is 0 Å². The van der Waals surface area contributed by atoms with Crippen molar-refractivity contribution in [2.24, 2.45) is 5.73 Å². The standard InChI is InChI=1S/C10H20N2O2/c1-2-6-14-7-3-9(13)12-10(8-11)4-5-10/h2-8,11H2,1H3,(H,12,13). The summed E-state index contributed by atoms with van der Waals surface area (Å²) in [5.41, 5.74) is 5.48. The van der Waals surface area contributed by atoms with Crippen molar-refractivity contribution < 1.29 is 9.53 Å². The molecule has 14 heavy (non-hydrogen) atoms. The molecule has 0 aromatic heterocycles. The number of ether oxygens (including phenoxy) is 1. The minimum absolute atomic E-state index is 0.0593. The third kappa shape index (κ3) is 3.64. The maximum Gasteiger partial charge on any atom is 0.222 e. The van der Waals surface area contributed by atoms with Gasteiger partial charge >= 0.3 is 0 Å². The van der Waals surface area contributed by atoms with Gasteiger partial charge in [0.1, 0.15) is 0 Å². The van der Waals surface area contributed by atoms with Gasteiger partial charge in [-0.1, -0.05) is 6.92 Å². The van der Waals surface area contributed by atoms with Gasteiger partial charge in [0.25, 0.3) is 0 Å². The highest BCUT2D eigenvalue weighted by Crippen LogP contribution is 2.33. The van der Waals surface area contributed by atoms with Crippen LogP contribution >= 0.6 is 0 Å². The quantitative estimate of drug-likeness (QED) is 0.585. The minimum Gasteiger partial charge on any atom is -0.381 e. The van der Waals surface area contributed by atoms with E-state index in [1.165, 1.54) is 0 Å². The van der Waals surface area contributed by atoms with Gasteiger partial charge in [-0.15, -0.1) is 0 Å². The maximum atomic E-state index is 11.4. The van der Waals surface area contributed by atoms with Crippen LogP contribution in [0.2, 0.25) is 0 Å². The van der Waals surface area contributed by atoms with E-state index in [1.54, 1.807) is 0 Å². The summed E-state index contributed by atoms with van der Waals surface area (Å²) >= 11 is 0. The Bertz CT molecular complexity index is 191. The van der Waals surface area contributed by atoms with E-state index in [2.05, 4.69) is 5.32 Å². The SMILES string of the molecule is CCCOCCC(=O)NC1(CN)CC1. The van der Waals surface area contributed by atoms with Gasteiger partial charge in [-0.05, 0) is 19.3 Å². The lowest BCUT2D eigenvalue weighted by Crippen LogP contribution is -2.42. The summed E-state index contributed by atoms with van der Waals surface area (Å²) in [7, 11) is 0. The second-order valence-electron chi connectivity index (χ2n) is 3.90. The first-order valence-electron chi connectivity index (χ1n) is 5.31. The number of hydrogen-bond donors (Lipinski definition) is 2. The number of amides is 1. The van der Waals surface area contributed by atoms with Crippen LogP contribution in [0.3, 0.4) is 0 Å². The Morgan fingerprint density at radius 1 is 1.50 bits per heavy atom. The number of carbonyl (C=O) groups excluding carboxylic acids is 1. The predicted octanol–water partition coefficient (Wildman–Crippen LogP) is 0.411. The topological polar surface area (TPSA) is 64.3 Å². The summed E-state index contributed by atoms with van der Waals surface area (Å²) in [4.78, 5) is 11.4. The molecule has 1 saturated carbocycles. The van der Waals surface area contributed by atoms with Crippen molar-refractivity contribution in [2.45, 2.75) is 38.1 Å². The van der Waals surface area contributed by atoms with Crippen molar-refractivity contribution >= 4 is 5.91 Å². The molecule has 0 aliphatic heterocycles. The lowest BCUT2D eigenvalue weighted by Gasteiger charge is -2.14. The van der Waals surface area contributed by atoms with E-state index in [0.717, 1.165) is 25.9 Å². The molecule has 82 valence electrons. The van der Waals surface area contributed by atoms with Gasteiger partial charge in [-0.3, -0.25) is 4.79 Å². The molecule has 0 saturated heterocycles. The molecule has 0 atom stereocenters. The average Bonchev–Trinajstić information content (AvgIpc) is 2.93. The second kappa shape index (κ2) is 5.32. The Morgan fingerprint density at radius 2 is 2.21 bits per heavy atom. The van der Waals surface area contributed by atoms with E-state index in [0.29, 0.717) is 19.6 Å². The van der Waals surface area contributed by atoms with E-state index in [4.69, 9.17) is 10.5 Å². The molecular formula is C10H20N2O2. The third-order valence-electron chi connectivity index (χ3n) is 2.47. The van der Waals surface area contributed by atoms with Crippen LogP contribution < -0.4 is 11.1 Å². The molecule has 0 bridgehead atoms. The Balaban J connectivity index is 2.04. The van der Waals surface area contributed by atoms with Gasteiger partial charge in [0.2, 0.25) is 5.91 Å². The fourth-order valence-electron chi connectivity index (χ4n) is 1.30. The van der Waals surface area contributed by atoms with E-state index >= 15 is 0 Å². The van der Waals surface area contributed by atoms with Crippen LogP contribution in [-0.4, -0.2) is 31.2 Å². The van der Waals surface area contributed by atoms with E-state index in [1.807, 2.05) is 6.92 Å². The fourth-order valence-corrected chi connectivity index (χ4v) is 1.30. The van der Waals surface area contributed by atoms with Gasteiger partial charge in [-0.2, -0.15) is 0 Å². The lowest BCUT2D eigenvalue weighted by molar-refractivity contribution is -0.123. The first-order chi connectivity index (χ1) is 6.72. The summed E-state index contributed by atoms with van der Waals surface area (Å²) in [6.45, 7) is 3.85. The number of carbonyl (C=O) groups is 1. The molecule has 0 heterocycles. The average molecular weight is 200 g/mol. The van der Waals surface area contributed by atoms with Crippen LogP contribution in [0, 0.1) is 0 Å². The van der Waals surface area contributed by atoms with Crippen molar-refractivity contribution in [1.82, 2.24) is 5.32 Å². The molecule has 1 fully saturated rings. The minimum atomic E-state index is -0.0676. The molecule has 0 radical (unpaired) electrons. The number of hydrogen-bond acceptors (Lipinski definition) is 3. The van der Waals surface area contributed by atoms with E-state index < -0.39 is 0 Å². The van der Waals surface area contributed by atoms with Crippen LogP contribution in [0.1, 0.15) is 32.6 Å². The largest absolute Gasteiger partial charge is 0.381 e. The van der Waals surface area contributed by atoms with Crippen molar-refractivity contribution in [2.75, 3.05) is 19.8 Å². The van der Waals surface area contributed by atoms with Crippen molar-refractivity contribution in [3.63, 3.8) is 0 Å². The molecule has 0 aromatic carbocycles. The molecule has 1 aliphatic carbocycles. The lowest BCUT2D eigenvalue weighted by atomic mass is 10.2. The second-order valence-corrected chi connectivity index (χ2v) is 3.90. The fraction of sp³-hybridized carbons (Fsp3) is 0.900. The van der Waals surface area contributed by atoms with Crippen LogP contribution in [-0.2, 0) is 9.53 Å². The molecule has 1 rings (SSSR count). The molecule has 0 aromatic rings. The zero-order valence-electron chi connectivity index (χ0n) is 8.84. The Labute approximate surface area is 85.2 Å². The molecule has 0 spiro atoms. The maximum absolute atomic E-state index is 11.4. The number of nitrogens with two attached hydrogens (primary N) is 1. The van der Waals surface area contributed by atoms with Crippen molar-refractivity contribution in [3.8, 4) is 0 Å². The van der Waals surface area contributed by atoms with Gasteiger partial charge in [0, 0.05) is 19.6 Å². The zero-order valence-corrected chi connectivity index (χ0v) is 8.84. The predicted molar refractivity (Wildman–Crippen MR) is 54.9 cm³/mol. The summed E-state index contributed by atoms with van der Waals surface area (Å²) in [5.74, 6) is 0.0593. The van der Waals surface area contributed by atoms with E-state index in [-0.39, 0.29) is 11.4 Å². The molecular weight excluding hydrogens is 180 g/mol. The summed E-state index contributed by atoms with van der Waals surface area (Å²) in [6.07, 6.45) is 3.48. The normalized spacial score (nSPS) is 17.9. The summed E-state index contributed by atoms with van der Waals surface area (Å²) < 4.78 is 5.23. The zero-order chi connectivity index (χ0) is 10.4. The number of nitrogens with one attached hydrogen (secondary N) is 1. The van der Waals surface area contributed by atoms with Gasteiger partial charge in [-0.25, -0.2) is 0 Å². The monoisotopic (exact) mass is 200 g/mol. The first kappa shape index (κ1) is 11.5. The summed E-state index contributed by atoms with van der Waals surface area (Å²) in [6, 6.07) is 0. The molecule has 3 N–H and O–H groups in total. The van der Waals surface area contributed by atoms with E-state index in [9.17, 15) is 4.79 Å². The van der Waals surface area contributed by atoms with Gasteiger partial charge in [0.05, 0.1) is 12.1 Å². The third-order valence-corrected chi connectivity index (χ3v) is 2.47. The highest BCUT2D eigenvalue weighted by atomic mass is 16.5. The first-order valence-corrected chi connectivity index (χ1v) is 5.31. The molecule has 1 amide bonds. The van der Waals surface area contributed by atoms with Gasteiger partial charge < -0.3 is 15.8 Å². The Hall–Kier alpha value is -0.610. The highest BCUT2D eigenvalue weighted by molar-refractivity contribution is 5.77. The van der Waals surface area contributed by atoms with Crippen LogP contribution in [0.25, 0.3) is 0 Å².